The van der Waals surface area contributed by atoms with E-state index in [1.165, 1.54) is 23.4 Å². The molecule has 0 aromatic heterocycles. The van der Waals surface area contributed by atoms with Gasteiger partial charge in [-0.1, -0.05) is 24.3 Å². The second kappa shape index (κ2) is 7.26. The van der Waals surface area contributed by atoms with Gasteiger partial charge in [0.2, 0.25) is 10.0 Å². The van der Waals surface area contributed by atoms with E-state index in [2.05, 4.69) is 34.7 Å². The largest absolute Gasteiger partial charge is 0.371 e. The van der Waals surface area contributed by atoms with E-state index >= 15 is 0 Å². The van der Waals surface area contributed by atoms with E-state index in [4.69, 9.17) is 5.26 Å². The summed E-state index contributed by atoms with van der Waals surface area (Å²) in [5.74, 6) is 0.254. The Hall–Kier alpha value is -2.36. The minimum atomic E-state index is -3.67. The first-order valence-electron chi connectivity index (χ1n) is 8.30. The Balaban J connectivity index is 1.64. The van der Waals surface area contributed by atoms with Gasteiger partial charge in [0.15, 0.2) is 0 Å². The maximum absolute atomic E-state index is 12.5. The number of aryl methyl sites for hydroxylation is 1. The maximum Gasteiger partial charge on any atom is 0.241 e. The first-order chi connectivity index (χ1) is 12.0. The summed E-state index contributed by atoms with van der Waals surface area (Å²) < 4.78 is 27.6. The highest BCUT2D eigenvalue weighted by Gasteiger charge is 2.25. The van der Waals surface area contributed by atoms with Crippen LogP contribution >= 0.6 is 0 Å². The zero-order valence-corrected chi connectivity index (χ0v) is 15.0. The van der Waals surface area contributed by atoms with Crippen molar-refractivity contribution in [3.63, 3.8) is 0 Å². The lowest BCUT2D eigenvalue weighted by molar-refractivity contribution is 0.541. The average Bonchev–Trinajstić information content (AvgIpc) is 3.09. The summed E-state index contributed by atoms with van der Waals surface area (Å²) in [5, 5.41) is 9.10. The molecule has 6 heteroatoms. The highest BCUT2D eigenvalue weighted by molar-refractivity contribution is 7.89. The number of nitrogens with zero attached hydrogens (tertiary/aromatic N) is 2. The Bertz CT molecular complexity index is 903. The van der Waals surface area contributed by atoms with Gasteiger partial charge in [0, 0.05) is 25.3 Å². The molecule has 1 atom stereocenters. The fourth-order valence-corrected chi connectivity index (χ4v) is 4.43. The molecular weight excluding hydrogens is 334 g/mol. The molecule has 130 valence electrons. The number of hydrogen-bond acceptors (Lipinski definition) is 4. The number of nitriles is 1. The standard InChI is InChI=1S/C19H21N3O2S/c1-15-5-4-7-18(11-15)22-10-9-16(14-22)13-21-25(23,24)19-8-3-2-6-17(19)12-20/h2-8,11,16,21H,9-10,13-14H2,1H3. The van der Waals surface area contributed by atoms with Gasteiger partial charge in [-0.3, -0.25) is 0 Å². The molecule has 2 aromatic rings. The van der Waals surface area contributed by atoms with Crippen molar-refractivity contribution < 1.29 is 8.42 Å². The Morgan fingerprint density at radius 3 is 2.80 bits per heavy atom. The molecule has 3 rings (SSSR count). The molecule has 5 nitrogen and oxygen atoms in total. The van der Waals surface area contributed by atoms with Crippen molar-refractivity contribution in [2.75, 3.05) is 24.5 Å². The molecule has 0 bridgehead atoms. The molecule has 1 aliphatic rings. The Kier molecular flexibility index (Phi) is 5.07. The van der Waals surface area contributed by atoms with Gasteiger partial charge >= 0.3 is 0 Å². The van der Waals surface area contributed by atoms with Gasteiger partial charge in [-0.05, 0) is 49.1 Å². The van der Waals surface area contributed by atoms with E-state index in [1.807, 2.05) is 12.1 Å². The molecule has 1 heterocycles. The predicted molar refractivity (Wildman–Crippen MR) is 97.8 cm³/mol. The normalized spacial score (nSPS) is 17.4. The van der Waals surface area contributed by atoms with Crippen LogP contribution in [0.3, 0.4) is 0 Å². The van der Waals surface area contributed by atoms with Crippen LogP contribution in [0.1, 0.15) is 17.5 Å². The van der Waals surface area contributed by atoms with Crippen molar-refractivity contribution in [1.29, 1.82) is 5.26 Å². The topological polar surface area (TPSA) is 73.2 Å². The summed E-state index contributed by atoms with van der Waals surface area (Å²) >= 11 is 0. The van der Waals surface area contributed by atoms with E-state index in [0.29, 0.717) is 6.54 Å². The summed E-state index contributed by atoms with van der Waals surface area (Å²) in [6.07, 6.45) is 0.941. The molecule has 0 saturated carbocycles. The molecule has 1 aliphatic heterocycles. The zero-order valence-electron chi connectivity index (χ0n) is 14.1. The van der Waals surface area contributed by atoms with Crippen molar-refractivity contribution in [1.82, 2.24) is 4.72 Å². The first kappa shape index (κ1) is 17.5. The smallest absolute Gasteiger partial charge is 0.241 e. The molecule has 1 saturated heterocycles. The summed E-state index contributed by atoms with van der Waals surface area (Å²) in [6.45, 7) is 4.19. The lowest BCUT2D eigenvalue weighted by atomic mass is 10.1. The van der Waals surface area contributed by atoms with E-state index in [-0.39, 0.29) is 16.4 Å². The molecular formula is C19H21N3O2S. The number of benzene rings is 2. The molecule has 0 spiro atoms. The van der Waals surface area contributed by atoms with Crippen molar-refractivity contribution in [3.05, 3.63) is 59.7 Å². The van der Waals surface area contributed by atoms with E-state index < -0.39 is 10.0 Å². The van der Waals surface area contributed by atoms with Crippen LogP contribution in [0.4, 0.5) is 5.69 Å². The quantitative estimate of drug-likeness (QED) is 0.895. The van der Waals surface area contributed by atoms with E-state index in [1.54, 1.807) is 12.1 Å². The van der Waals surface area contributed by atoms with Gasteiger partial charge in [-0.15, -0.1) is 0 Å². The van der Waals surface area contributed by atoms with Gasteiger partial charge in [-0.25, -0.2) is 13.1 Å². The molecule has 0 amide bonds. The van der Waals surface area contributed by atoms with Gasteiger partial charge in [0.05, 0.1) is 10.5 Å². The first-order valence-corrected chi connectivity index (χ1v) is 9.78. The molecule has 0 radical (unpaired) electrons. The SMILES string of the molecule is Cc1cccc(N2CCC(CNS(=O)(=O)c3ccccc3C#N)C2)c1. The number of nitrogens with one attached hydrogen (secondary N) is 1. The Morgan fingerprint density at radius 2 is 2.04 bits per heavy atom. The number of hydrogen-bond donors (Lipinski definition) is 1. The fraction of sp³-hybridized carbons (Fsp3) is 0.316. The van der Waals surface area contributed by atoms with Gasteiger partial charge < -0.3 is 4.90 Å². The molecule has 0 aliphatic carbocycles. The van der Waals surface area contributed by atoms with Crippen LogP contribution in [0.5, 0.6) is 0 Å². The monoisotopic (exact) mass is 355 g/mol. The summed E-state index contributed by atoms with van der Waals surface area (Å²) in [7, 11) is -3.67. The highest BCUT2D eigenvalue weighted by atomic mass is 32.2. The molecule has 2 aromatic carbocycles. The van der Waals surface area contributed by atoms with Crippen LogP contribution in [-0.2, 0) is 10.0 Å². The number of sulfonamides is 1. The van der Waals surface area contributed by atoms with Gasteiger partial charge in [-0.2, -0.15) is 5.26 Å². The zero-order chi connectivity index (χ0) is 17.9. The second-order valence-corrected chi connectivity index (χ2v) is 8.13. The number of anilines is 1. The highest BCUT2D eigenvalue weighted by Crippen LogP contribution is 2.24. The summed E-state index contributed by atoms with van der Waals surface area (Å²) in [6, 6.07) is 16.6. The third kappa shape index (κ3) is 4.01. The molecule has 25 heavy (non-hydrogen) atoms. The van der Waals surface area contributed by atoms with Crippen molar-refractivity contribution in [2.24, 2.45) is 5.92 Å². The third-order valence-corrected chi connectivity index (χ3v) is 5.99. The van der Waals surface area contributed by atoms with Crippen LogP contribution < -0.4 is 9.62 Å². The lowest BCUT2D eigenvalue weighted by Gasteiger charge is -2.19. The third-order valence-electron chi connectivity index (χ3n) is 4.51. The van der Waals surface area contributed by atoms with E-state index in [9.17, 15) is 8.42 Å². The fourth-order valence-electron chi connectivity index (χ4n) is 3.16. The minimum absolute atomic E-state index is 0.0473. The molecule has 1 unspecified atom stereocenters. The van der Waals surface area contributed by atoms with E-state index in [0.717, 1.165) is 19.5 Å². The van der Waals surface area contributed by atoms with Gasteiger partial charge in [0.1, 0.15) is 6.07 Å². The second-order valence-electron chi connectivity index (χ2n) is 6.40. The minimum Gasteiger partial charge on any atom is -0.371 e. The van der Waals surface area contributed by atoms with Gasteiger partial charge in [0.25, 0.3) is 0 Å². The van der Waals surface area contributed by atoms with Crippen molar-refractivity contribution >= 4 is 15.7 Å². The van der Waals surface area contributed by atoms with Crippen molar-refractivity contribution in [3.8, 4) is 6.07 Å². The average molecular weight is 355 g/mol. The molecule has 1 N–H and O–H groups in total. The Morgan fingerprint density at radius 1 is 1.24 bits per heavy atom. The van der Waals surface area contributed by atoms with Crippen LogP contribution in [0, 0.1) is 24.2 Å². The lowest BCUT2D eigenvalue weighted by Crippen LogP contribution is -2.31. The van der Waals surface area contributed by atoms with Crippen LogP contribution in [0.2, 0.25) is 0 Å². The predicted octanol–water partition coefficient (Wildman–Crippen LogP) is 2.67. The van der Waals surface area contributed by atoms with Crippen LogP contribution in [0.15, 0.2) is 53.4 Å². The van der Waals surface area contributed by atoms with Crippen LogP contribution in [-0.4, -0.2) is 28.1 Å². The maximum atomic E-state index is 12.5. The Labute approximate surface area is 149 Å². The number of rotatable bonds is 5. The summed E-state index contributed by atoms with van der Waals surface area (Å²) in [4.78, 5) is 2.33. The summed E-state index contributed by atoms with van der Waals surface area (Å²) in [5.41, 5.74) is 2.57. The molecule has 1 fully saturated rings. The van der Waals surface area contributed by atoms with Crippen LogP contribution in [0.25, 0.3) is 0 Å². The van der Waals surface area contributed by atoms with Crippen molar-refractivity contribution in [2.45, 2.75) is 18.2 Å².